The lowest BCUT2D eigenvalue weighted by atomic mass is 10.1. The van der Waals surface area contributed by atoms with Crippen LogP contribution in [-0.4, -0.2) is 18.7 Å². The van der Waals surface area contributed by atoms with Crippen molar-refractivity contribution in [1.82, 2.24) is 4.57 Å². The second-order valence-corrected chi connectivity index (χ2v) is 6.52. The first-order chi connectivity index (χ1) is 11.7. The van der Waals surface area contributed by atoms with E-state index in [-0.39, 0.29) is 0 Å². The monoisotopic (exact) mass is 314 g/mol. The third kappa shape index (κ3) is 2.54. The lowest BCUT2D eigenvalue weighted by Gasteiger charge is -2.19. The summed E-state index contributed by atoms with van der Waals surface area (Å²) in [6, 6.07) is 13.3. The molecule has 1 heterocycles. The van der Waals surface area contributed by atoms with Crippen molar-refractivity contribution >= 4 is 5.69 Å². The Morgan fingerprint density at radius 3 is 1.54 bits per heavy atom. The highest BCUT2D eigenvalue weighted by atomic mass is 15.1. The quantitative estimate of drug-likeness (QED) is 0.774. The molecule has 2 aromatic rings. The zero-order valence-electron chi connectivity index (χ0n) is 14.1. The molecule has 0 atom stereocenters. The summed E-state index contributed by atoms with van der Waals surface area (Å²) < 4.78 is 2.41. The van der Waals surface area contributed by atoms with Crippen LogP contribution in [0.5, 0.6) is 0 Å². The fourth-order valence-electron chi connectivity index (χ4n) is 3.45. The Bertz CT molecular complexity index is 775. The molecule has 120 valence electrons. The predicted octanol–water partition coefficient (Wildman–Crippen LogP) is 4.96. The second-order valence-electron chi connectivity index (χ2n) is 6.52. The van der Waals surface area contributed by atoms with Gasteiger partial charge in [0.2, 0.25) is 0 Å². The van der Waals surface area contributed by atoms with E-state index in [1.807, 2.05) is 0 Å². The zero-order chi connectivity index (χ0) is 16.5. The number of hydrogen-bond acceptors (Lipinski definition) is 1. The number of benzene rings is 1. The summed E-state index contributed by atoms with van der Waals surface area (Å²) in [5.74, 6) is 0.697. The topological polar surface area (TPSA) is 8.17 Å². The molecule has 0 amide bonds. The summed E-state index contributed by atoms with van der Waals surface area (Å²) in [6.07, 6.45) is 17.5. The molecule has 0 saturated carbocycles. The van der Waals surface area contributed by atoms with Crippen LogP contribution in [0.3, 0.4) is 0 Å². The molecule has 2 aliphatic rings. The van der Waals surface area contributed by atoms with E-state index in [9.17, 15) is 0 Å². The van der Waals surface area contributed by atoms with Crippen molar-refractivity contribution in [3.05, 3.63) is 96.4 Å². The Morgan fingerprint density at radius 1 is 0.667 bits per heavy atom. The minimum Gasteiger partial charge on any atom is -0.378 e. The van der Waals surface area contributed by atoms with Gasteiger partial charge in [-0.1, -0.05) is 48.6 Å². The summed E-state index contributed by atoms with van der Waals surface area (Å²) in [4.78, 5) is 2.13. The number of hydrogen-bond donors (Lipinski definition) is 0. The average Bonchev–Trinajstić information content (AvgIpc) is 3.33. The number of aromatic nitrogens is 1. The largest absolute Gasteiger partial charge is 0.378 e. The number of rotatable bonds is 4. The summed E-state index contributed by atoms with van der Waals surface area (Å²) >= 11 is 0. The Labute approximate surface area is 143 Å². The lowest BCUT2D eigenvalue weighted by Crippen LogP contribution is -2.10. The van der Waals surface area contributed by atoms with Gasteiger partial charge in [-0.05, 0) is 36.4 Å². The van der Waals surface area contributed by atoms with Crippen molar-refractivity contribution in [1.29, 1.82) is 0 Å². The molecule has 0 spiro atoms. The van der Waals surface area contributed by atoms with Crippen LogP contribution in [-0.2, 0) is 0 Å². The van der Waals surface area contributed by atoms with Gasteiger partial charge in [0.25, 0.3) is 0 Å². The van der Waals surface area contributed by atoms with Crippen molar-refractivity contribution in [3.63, 3.8) is 0 Å². The molecule has 0 radical (unpaired) electrons. The van der Waals surface area contributed by atoms with Crippen LogP contribution < -0.4 is 4.90 Å². The molecule has 0 unspecified atom stereocenters. The minimum absolute atomic E-state index is 0.349. The molecule has 24 heavy (non-hydrogen) atoms. The van der Waals surface area contributed by atoms with E-state index >= 15 is 0 Å². The van der Waals surface area contributed by atoms with E-state index in [0.717, 1.165) is 0 Å². The van der Waals surface area contributed by atoms with Crippen LogP contribution in [0.15, 0.2) is 85.0 Å². The molecule has 4 rings (SSSR count). The second kappa shape index (κ2) is 6.04. The molecule has 0 aliphatic heterocycles. The fraction of sp³-hybridized carbons (Fsp3) is 0.182. The fourth-order valence-corrected chi connectivity index (χ4v) is 3.45. The van der Waals surface area contributed by atoms with Gasteiger partial charge < -0.3 is 9.47 Å². The zero-order valence-corrected chi connectivity index (χ0v) is 14.1. The van der Waals surface area contributed by atoms with Crippen LogP contribution in [0.4, 0.5) is 5.69 Å². The van der Waals surface area contributed by atoms with Gasteiger partial charge in [-0.3, -0.25) is 0 Å². The molecule has 0 fully saturated rings. The van der Waals surface area contributed by atoms with E-state index in [1.54, 1.807) is 0 Å². The molecular weight excluding hydrogens is 292 g/mol. The van der Waals surface area contributed by atoms with Gasteiger partial charge in [-0.25, -0.2) is 0 Å². The van der Waals surface area contributed by atoms with E-state index in [4.69, 9.17) is 0 Å². The summed E-state index contributed by atoms with van der Waals surface area (Å²) in [7, 11) is 4.15. The van der Waals surface area contributed by atoms with Gasteiger partial charge in [-0.2, -0.15) is 0 Å². The predicted molar refractivity (Wildman–Crippen MR) is 102 cm³/mol. The molecule has 2 nitrogen and oxygen atoms in total. The first-order valence-corrected chi connectivity index (χ1v) is 8.43. The molecule has 0 saturated heterocycles. The molecule has 2 heteroatoms. The SMILES string of the molecule is CN(C)c1ccc(-n2c(C3C=CC=C3)ccc2C2C=CC=C2)cc1. The van der Waals surface area contributed by atoms with Gasteiger partial charge in [0.1, 0.15) is 0 Å². The Balaban J connectivity index is 1.82. The average molecular weight is 314 g/mol. The van der Waals surface area contributed by atoms with E-state index in [2.05, 4.69) is 109 Å². The van der Waals surface area contributed by atoms with Crippen molar-refractivity contribution in [2.45, 2.75) is 11.8 Å². The maximum atomic E-state index is 2.41. The molecule has 2 aliphatic carbocycles. The van der Waals surface area contributed by atoms with Crippen LogP contribution >= 0.6 is 0 Å². The first kappa shape index (κ1) is 14.8. The van der Waals surface area contributed by atoms with Crippen molar-refractivity contribution < 1.29 is 0 Å². The molecular formula is C22H22N2. The standard InChI is InChI=1S/C22H22N2/c1-23(2)19-11-13-20(14-12-19)24-21(17-7-3-4-8-17)15-16-22(24)18-9-5-6-10-18/h3-18H,1-2H3. The maximum Gasteiger partial charge on any atom is 0.0457 e. The van der Waals surface area contributed by atoms with Crippen molar-refractivity contribution in [2.75, 3.05) is 19.0 Å². The highest BCUT2D eigenvalue weighted by Gasteiger charge is 2.20. The van der Waals surface area contributed by atoms with Gasteiger partial charge in [0, 0.05) is 48.7 Å². The van der Waals surface area contributed by atoms with E-state index < -0.39 is 0 Å². The lowest BCUT2D eigenvalue weighted by molar-refractivity contribution is 0.846. The normalized spacial score (nSPS) is 16.6. The summed E-state index contributed by atoms with van der Waals surface area (Å²) in [5.41, 5.74) is 5.08. The maximum absolute atomic E-state index is 2.41. The summed E-state index contributed by atoms with van der Waals surface area (Å²) in [6.45, 7) is 0. The Hall–Kier alpha value is -2.74. The van der Waals surface area contributed by atoms with Gasteiger partial charge in [-0.15, -0.1) is 0 Å². The third-order valence-electron chi connectivity index (χ3n) is 4.74. The highest BCUT2D eigenvalue weighted by molar-refractivity contribution is 5.53. The van der Waals surface area contributed by atoms with Crippen LogP contribution in [0.1, 0.15) is 23.2 Å². The highest BCUT2D eigenvalue weighted by Crippen LogP contribution is 2.33. The van der Waals surface area contributed by atoms with Crippen LogP contribution in [0, 0.1) is 0 Å². The van der Waals surface area contributed by atoms with E-state index in [1.165, 1.54) is 22.8 Å². The molecule has 1 aromatic heterocycles. The molecule has 0 bridgehead atoms. The Kier molecular flexibility index (Phi) is 3.73. The van der Waals surface area contributed by atoms with Gasteiger partial charge >= 0.3 is 0 Å². The van der Waals surface area contributed by atoms with Crippen molar-refractivity contribution in [2.24, 2.45) is 0 Å². The Morgan fingerprint density at radius 2 is 1.12 bits per heavy atom. The smallest absolute Gasteiger partial charge is 0.0457 e. The molecule has 1 aromatic carbocycles. The third-order valence-corrected chi connectivity index (χ3v) is 4.74. The number of anilines is 1. The van der Waals surface area contributed by atoms with Gasteiger partial charge in [0.05, 0.1) is 0 Å². The molecule has 0 N–H and O–H groups in total. The van der Waals surface area contributed by atoms with Crippen molar-refractivity contribution in [3.8, 4) is 5.69 Å². The minimum atomic E-state index is 0.349. The van der Waals surface area contributed by atoms with Crippen LogP contribution in [0.2, 0.25) is 0 Å². The number of allylic oxidation sites excluding steroid dienone is 8. The number of nitrogens with zero attached hydrogens (tertiary/aromatic N) is 2. The summed E-state index contributed by atoms with van der Waals surface area (Å²) in [5, 5.41) is 0. The first-order valence-electron chi connectivity index (χ1n) is 8.43. The van der Waals surface area contributed by atoms with Crippen LogP contribution in [0.25, 0.3) is 5.69 Å². The van der Waals surface area contributed by atoms with E-state index in [0.29, 0.717) is 11.8 Å². The van der Waals surface area contributed by atoms with Gasteiger partial charge in [0.15, 0.2) is 0 Å².